The van der Waals surface area contributed by atoms with Crippen molar-refractivity contribution in [1.29, 1.82) is 0 Å². The van der Waals surface area contributed by atoms with Gasteiger partial charge >= 0.3 is 0 Å². The number of carbonyl (C=O) groups is 1. The number of aryl methyl sites for hydroxylation is 1. The van der Waals surface area contributed by atoms with E-state index in [1.165, 1.54) is 11.8 Å². The average molecular weight is 543 g/mol. The number of thioether (sulfide) groups is 1. The van der Waals surface area contributed by atoms with E-state index in [1.807, 2.05) is 57.5 Å². The van der Waals surface area contributed by atoms with Crippen molar-refractivity contribution in [2.24, 2.45) is 0 Å². The number of likely N-dealkylation sites (N-methyl/N-ethyl adjacent to an activating group) is 1. The minimum absolute atomic E-state index is 0.145. The second-order valence-electron chi connectivity index (χ2n) is 9.76. The third-order valence-electron chi connectivity index (χ3n) is 7.24. The van der Waals surface area contributed by atoms with Crippen LogP contribution in [0.4, 0.5) is 0 Å². The molecule has 2 aromatic heterocycles. The molecule has 1 aliphatic heterocycles. The van der Waals surface area contributed by atoms with E-state index in [4.69, 9.17) is 14.2 Å². The van der Waals surface area contributed by atoms with Crippen molar-refractivity contribution in [2.75, 3.05) is 46.8 Å². The number of methoxy groups -OCH3 is 1. The molecule has 0 bridgehead atoms. The van der Waals surface area contributed by atoms with Crippen LogP contribution in [0.1, 0.15) is 40.3 Å². The van der Waals surface area contributed by atoms with Crippen molar-refractivity contribution in [1.82, 2.24) is 19.8 Å². The number of pyridine rings is 1. The Morgan fingerprint density at radius 1 is 1.29 bits per heavy atom. The fourth-order valence-electron chi connectivity index (χ4n) is 5.08. The summed E-state index contributed by atoms with van der Waals surface area (Å²) in [5.74, 6) is -0.220. The first kappa shape index (κ1) is 28.4. The van der Waals surface area contributed by atoms with E-state index in [0.717, 1.165) is 33.7 Å². The molecule has 38 heavy (non-hydrogen) atoms. The number of ether oxygens (including phenoxy) is 3. The molecular weight excluding hydrogens is 504 g/mol. The van der Waals surface area contributed by atoms with Gasteiger partial charge in [0, 0.05) is 52.9 Å². The monoisotopic (exact) mass is 542 g/mol. The van der Waals surface area contributed by atoms with Gasteiger partial charge in [-0.2, -0.15) is 0 Å². The van der Waals surface area contributed by atoms with Gasteiger partial charge in [-0.1, -0.05) is 18.2 Å². The predicted molar refractivity (Wildman–Crippen MR) is 150 cm³/mol. The molecule has 2 N–H and O–H groups in total. The number of amides is 1. The molecule has 1 fully saturated rings. The van der Waals surface area contributed by atoms with Crippen LogP contribution in [0.5, 0.6) is 0 Å². The van der Waals surface area contributed by atoms with Crippen molar-refractivity contribution in [3.8, 4) is 0 Å². The summed E-state index contributed by atoms with van der Waals surface area (Å²) < 4.78 is 19.6. The average Bonchev–Trinajstić information content (AvgIpc) is 3.21. The minimum atomic E-state index is -0.442. The Hall–Kier alpha value is -2.63. The molecule has 0 aliphatic carbocycles. The molecule has 0 radical (unpaired) electrons. The second-order valence-corrected chi connectivity index (χ2v) is 10.6. The van der Waals surface area contributed by atoms with Crippen LogP contribution < -0.4 is 10.9 Å². The lowest BCUT2D eigenvalue weighted by Crippen LogP contribution is -2.48. The molecular formula is C28H38N4O5S. The molecule has 206 valence electrons. The number of rotatable bonds is 10. The molecule has 0 unspecified atom stereocenters. The highest BCUT2D eigenvalue weighted by Crippen LogP contribution is 2.32. The van der Waals surface area contributed by atoms with Gasteiger partial charge < -0.3 is 29.1 Å². The van der Waals surface area contributed by atoms with Crippen LogP contribution in [0.2, 0.25) is 0 Å². The number of nitrogens with one attached hydrogen (secondary N) is 2. The van der Waals surface area contributed by atoms with Crippen molar-refractivity contribution in [3.05, 3.63) is 63.2 Å². The molecule has 10 heteroatoms. The number of fused-ring (bicyclic) bond motifs is 1. The molecule has 3 heterocycles. The van der Waals surface area contributed by atoms with Gasteiger partial charge in [0.15, 0.2) is 6.29 Å². The van der Waals surface area contributed by atoms with Gasteiger partial charge in [-0.15, -0.1) is 11.8 Å². The predicted octanol–water partition coefficient (Wildman–Crippen LogP) is 3.48. The van der Waals surface area contributed by atoms with E-state index in [9.17, 15) is 9.59 Å². The van der Waals surface area contributed by atoms with Gasteiger partial charge in [0.25, 0.3) is 11.5 Å². The number of aromatic nitrogens is 2. The minimum Gasteiger partial charge on any atom is -0.383 e. The summed E-state index contributed by atoms with van der Waals surface area (Å²) in [7, 11) is 3.74. The van der Waals surface area contributed by atoms with Gasteiger partial charge in [-0.05, 0) is 46.2 Å². The number of para-hydroxylation sites is 1. The first-order valence-corrected chi connectivity index (χ1v) is 14.1. The molecule has 1 atom stereocenters. The third kappa shape index (κ3) is 5.84. The van der Waals surface area contributed by atoms with Gasteiger partial charge in [0.05, 0.1) is 37.5 Å². The summed E-state index contributed by atoms with van der Waals surface area (Å²) in [6, 6.07) is 9.79. The molecule has 4 rings (SSSR count). The number of carbonyl (C=O) groups excluding carboxylic acids is 1. The van der Waals surface area contributed by atoms with Crippen LogP contribution in [0.15, 0.2) is 40.0 Å². The van der Waals surface area contributed by atoms with Gasteiger partial charge in [-0.25, -0.2) is 0 Å². The fraction of sp³-hybridized carbons (Fsp3) is 0.500. The highest BCUT2D eigenvalue weighted by atomic mass is 32.2. The van der Waals surface area contributed by atoms with Crippen molar-refractivity contribution in [3.63, 3.8) is 0 Å². The van der Waals surface area contributed by atoms with E-state index in [1.54, 1.807) is 7.11 Å². The van der Waals surface area contributed by atoms with Crippen LogP contribution in [0, 0.1) is 13.8 Å². The molecule has 3 aromatic rings. The van der Waals surface area contributed by atoms with E-state index in [0.29, 0.717) is 30.9 Å². The fourth-order valence-corrected chi connectivity index (χ4v) is 5.78. The first-order chi connectivity index (χ1) is 18.3. The highest BCUT2D eigenvalue weighted by molar-refractivity contribution is 7.98. The Bertz CT molecular complexity index is 1330. The van der Waals surface area contributed by atoms with Crippen molar-refractivity contribution >= 4 is 28.6 Å². The second kappa shape index (κ2) is 12.5. The van der Waals surface area contributed by atoms with Gasteiger partial charge in [0.2, 0.25) is 0 Å². The molecule has 1 saturated heterocycles. The van der Waals surface area contributed by atoms with E-state index in [-0.39, 0.29) is 30.1 Å². The number of aromatic amines is 1. The summed E-state index contributed by atoms with van der Waals surface area (Å²) in [5.41, 5.74) is 3.52. The summed E-state index contributed by atoms with van der Waals surface area (Å²) >= 11 is 1.49. The lowest BCUT2D eigenvalue weighted by molar-refractivity contribution is -0.219. The van der Waals surface area contributed by atoms with Gasteiger partial charge in [-0.3, -0.25) is 14.5 Å². The number of hydrogen-bond acceptors (Lipinski definition) is 7. The Labute approximate surface area is 227 Å². The zero-order valence-electron chi connectivity index (χ0n) is 23.0. The zero-order chi connectivity index (χ0) is 27.4. The lowest BCUT2D eigenvalue weighted by Gasteiger charge is -2.37. The normalized spacial score (nSPS) is 18.7. The van der Waals surface area contributed by atoms with E-state index < -0.39 is 6.29 Å². The number of benzene rings is 1. The summed E-state index contributed by atoms with van der Waals surface area (Å²) in [4.78, 5) is 32.0. The largest absolute Gasteiger partial charge is 0.383 e. The summed E-state index contributed by atoms with van der Waals surface area (Å²) in [6.45, 7) is 8.57. The van der Waals surface area contributed by atoms with E-state index >= 15 is 0 Å². The SMILES string of the molecule is COCCN(C)C1COC([C@@H](C)n2c(C)c(C(=O)NCc3c(SC)cc(C)[nH]c3=O)c3ccccc32)OC1. The highest BCUT2D eigenvalue weighted by Gasteiger charge is 2.32. The Kier molecular flexibility index (Phi) is 9.32. The molecule has 9 nitrogen and oxygen atoms in total. The topological polar surface area (TPSA) is 97.8 Å². The Morgan fingerprint density at radius 2 is 2.00 bits per heavy atom. The smallest absolute Gasteiger partial charge is 0.254 e. The molecule has 1 aliphatic rings. The van der Waals surface area contributed by atoms with Crippen LogP contribution in [-0.4, -0.2) is 79.5 Å². The first-order valence-electron chi connectivity index (χ1n) is 12.8. The molecule has 0 spiro atoms. The van der Waals surface area contributed by atoms with Crippen LogP contribution in [-0.2, 0) is 20.8 Å². The number of hydrogen-bond donors (Lipinski definition) is 2. The standard InChI is InChI=1S/C28H38N4O5S/c1-17-13-24(38-6)22(26(33)30-17)14-29-27(34)25-18(2)32(23-10-8-7-9-21(23)25)19(3)28-36-15-20(16-37-28)31(4)11-12-35-5/h7-10,13,19-20,28H,11-12,14-16H2,1-6H3,(H,29,34)(H,30,33)/t19-,20?,28?/m1/s1. The van der Waals surface area contributed by atoms with Gasteiger partial charge in [0.1, 0.15) is 0 Å². The van der Waals surface area contributed by atoms with E-state index in [2.05, 4.69) is 26.7 Å². The third-order valence-corrected chi connectivity index (χ3v) is 8.04. The molecule has 0 saturated carbocycles. The van der Waals surface area contributed by atoms with Crippen molar-refractivity contribution < 1.29 is 19.0 Å². The maximum absolute atomic E-state index is 13.5. The number of nitrogens with zero attached hydrogens (tertiary/aromatic N) is 2. The van der Waals surface area contributed by atoms with Crippen LogP contribution in [0.25, 0.3) is 10.9 Å². The summed E-state index contributed by atoms with van der Waals surface area (Å²) in [6.07, 6.45) is 1.48. The molecule has 1 amide bonds. The van der Waals surface area contributed by atoms with Crippen LogP contribution >= 0.6 is 11.8 Å². The number of H-pyrrole nitrogens is 1. The quantitative estimate of drug-likeness (QED) is 0.379. The molecule has 1 aromatic carbocycles. The zero-order valence-corrected chi connectivity index (χ0v) is 23.8. The van der Waals surface area contributed by atoms with Crippen LogP contribution in [0.3, 0.4) is 0 Å². The Balaban J connectivity index is 1.55. The maximum Gasteiger partial charge on any atom is 0.254 e. The lowest BCUT2D eigenvalue weighted by atomic mass is 10.1. The summed E-state index contributed by atoms with van der Waals surface area (Å²) in [5, 5.41) is 3.84. The Morgan fingerprint density at radius 3 is 2.68 bits per heavy atom. The maximum atomic E-state index is 13.5. The van der Waals surface area contributed by atoms with Crippen molar-refractivity contribution in [2.45, 2.75) is 50.6 Å².